The van der Waals surface area contributed by atoms with Gasteiger partial charge in [-0.3, -0.25) is 0 Å². The molecule has 4 heteroatoms. The van der Waals surface area contributed by atoms with Gasteiger partial charge in [0.15, 0.2) is 0 Å². The molecule has 0 aliphatic carbocycles. The van der Waals surface area contributed by atoms with Gasteiger partial charge in [-0.1, -0.05) is 13.8 Å². The van der Waals surface area contributed by atoms with Gasteiger partial charge in [0.05, 0.1) is 0 Å². The maximum absolute atomic E-state index is 12.1. The number of likely N-dealkylation sites (tertiary alicyclic amines) is 1. The topological polar surface area (TPSA) is 41.6 Å². The Bertz CT molecular complexity index is 299. The minimum Gasteiger partial charge on any atom is -0.444 e. The molecule has 1 amide bonds. The highest BCUT2D eigenvalue weighted by molar-refractivity contribution is 5.68. The number of nitrogens with one attached hydrogen (secondary N) is 1. The fraction of sp³-hybridized carbons (Fsp3) is 0.933. The number of nitrogens with zero attached hydrogens (tertiary/aromatic N) is 1. The summed E-state index contributed by atoms with van der Waals surface area (Å²) in [7, 11) is 0. The van der Waals surface area contributed by atoms with E-state index in [9.17, 15) is 4.79 Å². The second-order valence-corrected chi connectivity index (χ2v) is 6.99. The third-order valence-electron chi connectivity index (χ3n) is 3.41. The first-order valence-corrected chi connectivity index (χ1v) is 7.44. The lowest BCUT2D eigenvalue weighted by Gasteiger charge is -2.41. The molecule has 1 unspecified atom stereocenters. The number of carbonyl (C=O) groups excluding carboxylic acids is 1. The monoisotopic (exact) mass is 270 g/mol. The fourth-order valence-corrected chi connectivity index (χ4v) is 2.51. The van der Waals surface area contributed by atoms with Crippen LogP contribution in [0.3, 0.4) is 0 Å². The number of piperidine rings is 1. The summed E-state index contributed by atoms with van der Waals surface area (Å²) in [6, 6.07) is 0. The van der Waals surface area contributed by atoms with Crippen LogP contribution in [0.2, 0.25) is 0 Å². The molecular weight excluding hydrogens is 240 g/mol. The van der Waals surface area contributed by atoms with Crippen molar-refractivity contribution in [1.82, 2.24) is 10.2 Å². The first kappa shape index (κ1) is 16.3. The van der Waals surface area contributed by atoms with E-state index in [1.165, 1.54) is 6.42 Å². The fourth-order valence-electron chi connectivity index (χ4n) is 2.51. The predicted octanol–water partition coefficient (Wildman–Crippen LogP) is 3.02. The summed E-state index contributed by atoms with van der Waals surface area (Å²) in [6.07, 6.45) is 3.20. The Labute approximate surface area is 117 Å². The Hall–Kier alpha value is -0.770. The molecule has 112 valence electrons. The molecule has 0 bridgehead atoms. The summed E-state index contributed by atoms with van der Waals surface area (Å²) in [6.45, 7) is 13.8. The van der Waals surface area contributed by atoms with Crippen LogP contribution in [-0.2, 0) is 4.74 Å². The van der Waals surface area contributed by atoms with Gasteiger partial charge in [0.2, 0.25) is 0 Å². The average molecular weight is 270 g/mol. The van der Waals surface area contributed by atoms with Crippen molar-refractivity contribution in [2.45, 2.75) is 59.5 Å². The van der Waals surface area contributed by atoms with E-state index in [4.69, 9.17) is 4.74 Å². The molecule has 19 heavy (non-hydrogen) atoms. The quantitative estimate of drug-likeness (QED) is 0.798. The number of hydrogen-bond acceptors (Lipinski definition) is 3. The number of carbonyl (C=O) groups is 1. The van der Waals surface area contributed by atoms with E-state index in [2.05, 4.69) is 19.2 Å². The first-order valence-electron chi connectivity index (χ1n) is 7.44. The van der Waals surface area contributed by atoms with Crippen molar-refractivity contribution in [3.05, 3.63) is 0 Å². The highest BCUT2D eigenvalue weighted by atomic mass is 16.6. The number of amides is 1. The Morgan fingerprint density at radius 3 is 2.68 bits per heavy atom. The molecule has 0 radical (unpaired) electrons. The minimum absolute atomic E-state index is 0.171. The molecule has 1 atom stereocenters. The molecule has 1 heterocycles. The maximum atomic E-state index is 12.1. The van der Waals surface area contributed by atoms with Crippen LogP contribution in [0.5, 0.6) is 0 Å². The number of rotatable bonds is 4. The van der Waals surface area contributed by atoms with Crippen molar-refractivity contribution in [1.29, 1.82) is 0 Å². The first-order chi connectivity index (χ1) is 8.76. The van der Waals surface area contributed by atoms with Crippen LogP contribution in [0.25, 0.3) is 0 Å². The molecule has 4 nitrogen and oxygen atoms in total. The molecule has 1 rings (SSSR count). The Morgan fingerprint density at radius 2 is 2.11 bits per heavy atom. The summed E-state index contributed by atoms with van der Waals surface area (Å²) in [4.78, 5) is 14.0. The van der Waals surface area contributed by atoms with E-state index in [1.54, 1.807) is 0 Å². The third kappa shape index (κ3) is 5.81. The molecule has 1 N–H and O–H groups in total. The van der Waals surface area contributed by atoms with Gasteiger partial charge >= 0.3 is 6.09 Å². The summed E-state index contributed by atoms with van der Waals surface area (Å²) in [5.41, 5.74) is -0.240. The van der Waals surface area contributed by atoms with Gasteiger partial charge in [0, 0.05) is 19.6 Å². The van der Waals surface area contributed by atoms with Gasteiger partial charge in [0.25, 0.3) is 0 Å². The summed E-state index contributed by atoms with van der Waals surface area (Å²) < 4.78 is 5.46. The normalized spacial score (nSPS) is 24.4. The van der Waals surface area contributed by atoms with E-state index in [1.807, 2.05) is 25.7 Å². The summed E-state index contributed by atoms with van der Waals surface area (Å²) in [5, 5.41) is 3.47. The lowest BCUT2D eigenvalue weighted by Crippen LogP contribution is -2.50. The van der Waals surface area contributed by atoms with E-state index in [-0.39, 0.29) is 11.5 Å². The van der Waals surface area contributed by atoms with Gasteiger partial charge in [-0.15, -0.1) is 0 Å². The van der Waals surface area contributed by atoms with E-state index < -0.39 is 5.60 Å². The van der Waals surface area contributed by atoms with Crippen molar-refractivity contribution in [3.8, 4) is 0 Å². The van der Waals surface area contributed by atoms with Crippen LogP contribution in [0, 0.1) is 5.41 Å². The molecule has 0 aromatic carbocycles. The largest absolute Gasteiger partial charge is 0.444 e. The lowest BCUT2D eigenvalue weighted by molar-refractivity contribution is 0.00682. The van der Waals surface area contributed by atoms with Gasteiger partial charge in [0.1, 0.15) is 5.60 Å². The lowest BCUT2D eigenvalue weighted by atomic mass is 9.82. The SMILES string of the molecule is CCCNCC1(C)CCCN(C(=O)OC(C)(C)C)C1. The van der Waals surface area contributed by atoms with Crippen molar-refractivity contribution >= 4 is 6.09 Å². The Morgan fingerprint density at radius 1 is 1.42 bits per heavy atom. The van der Waals surface area contributed by atoms with Crippen molar-refractivity contribution in [2.24, 2.45) is 5.41 Å². The van der Waals surface area contributed by atoms with E-state index in [0.29, 0.717) is 0 Å². The molecule has 1 fully saturated rings. The molecule has 1 aliphatic rings. The molecule has 0 aromatic rings. The van der Waals surface area contributed by atoms with Crippen LogP contribution < -0.4 is 5.32 Å². The molecule has 1 saturated heterocycles. The maximum Gasteiger partial charge on any atom is 0.410 e. The Balaban J connectivity index is 2.51. The number of hydrogen-bond donors (Lipinski definition) is 1. The van der Waals surface area contributed by atoms with Crippen molar-refractivity contribution < 1.29 is 9.53 Å². The zero-order valence-electron chi connectivity index (χ0n) is 13.2. The van der Waals surface area contributed by atoms with Crippen LogP contribution in [0.4, 0.5) is 4.79 Å². The van der Waals surface area contributed by atoms with Crippen LogP contribution >= 0.6 is 0 Å². The zero-order chi connectivity index (χ0) is 14.5. The molecule has 0 saturated carbocycles. The van der Waals surface area contributed by atoms with Crippen LogP contribution in [-0.4, -0.2) is 42.8 Å². The highest BCUT2D eigenvalue weighted by Gasteiger charge is 2.34. The zero-order valence-corrected chi connectivity index (χ0v) is 13.2. The molecule has 0 aromatic heterocycles. The van der Waals surface area contributed by atoms with Crippen molar-refractivity contribution in [2.75, 3.05) is 26.2 Å². The molecule has 0 spiro atoms. The third-order valence-corrected chi connectivity index (χ3v) is 3.41. The summed E-state index contributed by atoms with van der Waals surface area (Å²) >= 11 is 0. The van der Waals surface area contributed by atoms with Crippen LogP contribution in [0.1, 0.15) is 53.9 Å². The van der Waals surface area contributed by atoms with Crippen LogP contribution in [0.15, 0.2) is 0 Å². The standard InChI is InChI=1S/C15H30N2O2/c1-6-9-16-11-15(5)8-7-10-17(12-15)13(18)19-14(2,3)4/h16H,6-12H2,1-5H3. The van der Waals surface area contributed by atoms with E-state index in [0.717, 1.165) is 39.0 Å². The Kier molecular flexibility index (Phi) is 5.65. The second kappa shape index (κ2) is 6.60. The second-order valence-electron chi connectivity index (χ2n) is 6.99. The van der Waals surface area contributed by atoms with Gasteiger partial charge in [-0.05, 0) is 52.0 Å². The van der Waals surface area contributed by atoms with Gasteiger partial charge < -0.3 is 15.0 Å². The molecule has 1 aliphatic heterocycles. The smallest absolute Gasteiger partial charge is 0.410 e. The molecular formula is C15H30N2O2. The summed E-state index contributed by atoms with van der Waals surface area (Å²) in [5.74, 6) is 0. The van der Waals surface area contributed by atoms with E-state index >= 15 is 0 Å². The van der Waals surface area contributed by atoms with Crippen molar-refractivity contribution in [3.63, 3.8) is 0 Å². The predicted molar refractivity (Wildman–Crippen MR) is 78.3 cm³/mol. The van der Waals surface area contributed by atoms with Gasteiger partial charge in [-0.2, -0.15) is 0 Å². The number of ether oxygens (including phenoxy) is 1. The minimum atomic E-state index is -0.411. The highest BCUT2D eigenvalue weighted by Crippen LogP contribution is 2.29. The van der Waals surface area contributed by atoms with Gasteiger partial charge in [-0.25, -0.2) is 4.79 Å². The average Bonchev–Trinajstić information content (AvgIpc) is 2.27.